The second-order valence-corrected chi connectivity index (χ2v) is 5.82. The van der Waals surface area contributed by atoms with E-state index in [1.807, 2.05) is 13.8 Å². The lowest BCUT2D eigenvalue weighted by molar-refractivity contribution is -0.188. The molecule has 0 unspecified atom stereocenters. The fourth-order valence-electron chi connectivity index (χ4n) is 3.38. The Morgan fingerprint density at radius 2 is 2.12 bits per heavy atom. The lowest BCUT2D eigenvalue weighted by Crippen LogP contribution is -2.52. The number of esters is 1. The number of fused-ring (bicyclic) bond motifs is 1. The molecule has 0 aromatic carbocycles. The summed E-state index contributed by atoms with van der Waals surface area (Å²) in [6, 6.07) is 2.14. The summed E-state index contributed by atoms with van der Waals surface area (Å²) in [5, 5.41) is 9.11. The van der Waals surface area contributed by atoms with Crippen LogP contribution < -0.4 is 0 Å². The van der Waals surface area contributed by atoms with E-state index < -0.39 is 11.5 Å². The molecule has 0 aromatic rings. The molecule has 1 heterocycles. The number of nitriles is 1. The van der Waals surface area contributed by atoms with Crippen LogP contribution in [0.2, 0.25) is 0 Å². The van der Waals surface area contributed by atoms with Crippen LogP contribution in [0.4, 0.5) is 0 Å². The first-order valence-electron chi connectivity index (χ1n) is 6.08. The van der Waals surface area contributed by atoms with Gasteiger partial charge in [0.15, 0.2) is 0 Å². The molecule has 4 atom stereocenters. The van der Waals surface area contributed by atoms with E-state index in [0.29, 0.717) is 11.8 Å². The van der Waals surface area contributed by atoms with Gasteiger partial charge in [-0.15, -0.1) is 0 Å². The number of carbonyl (C=O) groups excluding carboxylic acids is 1. The molecule has 1 aliphatic heterocycles. The molecule has 88 valence electrons. The fraction of sp³-hybridized carbons (Fsp3) is 0.846. The Balaban J connectivity index is 2.29. The van der Waals surface area contributed by atoms with Crippen LogP contribution in [0.5, 0.6) is 0 Å². The van der Waals surface area contributed by atoms with E-state index in [4.69, 9.17) is 10.00 Å². The largest absolute Gasteiger partial charge is 0.458 e. The molecule has 3 heteroatoms. The highest BCUT2D eigenvalue weighted by Crippen LogP contribution is 2.48. The van der Waals surface area contributed by atoms with Gasteiger partial charge in [-0.3, -0.25) is 4.79 Å². The van der Waals surface area contributed by atoms with Gasteiger partial charge in [-0.25, -0.2) is 0 Å². The quantitative estimate of drug-likeness (QED) is 0.590. The Hall–Kier alpha value is -1.04. The van der Waals surface area contributed by atoms with E-state index in [1.54, 1.807) is 0 Å². The molecule has 2 rings (SSSR count). The Bertz CT molecular complexity index is 342. The van der Waals surface area contributed by atoms with Crippen molar-refractivity contribution in [2.75, 3.05) is 0 Å². The third-order valence-electron chi connectivity index (χ3n) is 4.24. The highest BCUT2D eigenvalue weighted by molar-refractivity contribution is 5.77. The summed E-state index contributed by atoms with van der Waals surface area (Å²) in [4.78, 5) is 11.8. The van der Waals surface area contributed by atoms with Gasteiger partial charge in [-0.2, -0.15) is 5.26 Å². The number of carbonyl (C=O) groups is 1. The summed E-state index contributed by atoms with van der Waals surface area (Å²) in [6.07, 6.45) is 3.24. The zero-order valence-corrected chi connectivity index (χ0v) is 10.2. The average Bonchev–Trinajstić information content (AvgIpc) is 2.16. The van der Waals surface area contributed by atoms with Gasteiger partial charge >= 0.3 is 5.97 Å². The van der Waals surface area contributed by atoms with Crippen LogP contribution in [0, 0.1) is 35.0 Å². The first-order chi connectivity index (χ1) is 7.45. The van der Waals surface area contributed by atoms with E-state index in [9.17, 15) is 4.79 Å². The van der Waals surface area contributed by atoms with Gasteiger partial charge in [-0.05, 0) is 38.5 Å². The van der Waals surface area contributed by atoms with Crippen molar-refractivity contribution in [3.63, 3.8) is 0 Å². The fourth-order valence-corrected chi connectivity index (χ4v) is 3.38. The zero-order chi connectivity index (χ0) is 11.9. The van der Waals surface area contributed by atoms with Gasteiger partial charge in [0, 0.05) is 5.92 Å². The second kappa shape index (κ2) is 3.76. The molecule has 0 N–H and O–H groups in total. The summed E-state index contributed by atoms with van der Waals surface area (Å²) >= 11 is 0. The molecule has 1 aliphatic carbocycles. The van der Waals surface area contributed by atoms with Crippen LogP contribution in [0.3, 0.4) is 0 Å². The van der Waals surface area contributed by atoms with Crippen LogP contribution in [-0.4, -0.2) is 11.6 Å². The van der Waals surface area contributed by atoms with E-state index in [-0.39, 0.29) is 11.9 Å². The third-order valence-corrected chi connectivity index (χ3v) is 4.24. The molecule has 0 aromatic heterocycles. The van der Waals surface area contributed by atoms with Crippen LogP contribution in [0.1, 0.15) is 40.0 Å². The number of rotatable bonds is 0. The SMILES string of the molecule is C[C@@H]1CC[C@@H]2[C@@H](C1)[C@H](C#N)C(=O)OC2(C)C. The van der Waals surface area contributed by atoms with Crippen molar-refractivity contribution in [2.45, 2.75) is 45.6 Å². The van der Waals surface area contributed by atoms with Crippen molar-refractivity contribution < 1.29 is 9.53 Å². The molecule has 16 heavy (non-hydrogen) atoms. The van der Waals surface area contributed by atoms with Crippen LogP contribution in [0.25, 0.3) is 0 Å². The normalized spacial score (nSPS) is 41.8. The maximum Gasteiger partial charge on any atom is 0.324 e. The van der Waals surface area contributed by atoms with Gasteiger partial charge in [0.25, 0.3) is 0 Å². The van der Waals surface area contributed by atoms with Gasteiger partial charge in [0.1, 0.15) is 11.5 Å². The molecule has 0 radical (unpaired) electrons. The molecule has 0 bridgehead atoms. The molecule has 3 nitrogen and oxygen atoms in total. The summed E-state index contributed by atoms with van der Waals surface area (Å²) in [6.45, 7) is 6.16. The minimum atomic E-state index is -0.541. The summed E-state index contributed by atoms with van der Waals surface area (Å²) < 4.78 is 5.42. The Morgan fingerprint density at radius 1 is 1.44 bits per heavy atom. The summed E-state index contributed by atoms with van der Waals surface area (Å²) in [7, 11) is 0. The van der Waals surface area contributed by atoms with Gasteiger partial charge < -0.3 is 4.74 Å². The predicted molar refractivity (Wildman–Crippen MR) is 59.3 cm³/mol. The number of hydrogen-bond acceptors (Lipinski definition) is 3. The molecule has 0 amide bonds. The number of ether oxygens (including phenoxy) is 1. The lowest BCUT2D eigenvalue weighted by atomic mass is 9.62. The van der Waals surface area contributed by atoms with Crippen molar-refractivity contribution in [3.8, 4) is 6.07 Å². The number of hydrogen-bond donors (Lipinski definition) is 0. The maximum atomic E-state index is 11.8. The van der Waals surface area contributed by atoms with Gasteiger partial charge in [-0.1, -0.05) is 13.3 Å². The highest BCUT2D eigenvalue weighted by Gasteiger charge is 2.51. The molecular weight excluding hydrogens is 202 g/mol. The second-order valence-electron chi connectivity index (χ2n) is 5.82. The van der Waals surface area contributed by atoms with Crippen molar-refractivity contribution in [2.24, 2.45) is 23.7 Å². The van der Waals surface area contributed by atoms with Gasteiger partial charge in [0.05, 0.1) is 6.07 Å². The summed E-state index contributed by atoms with van der Waals surface area (Å²) in [5.74, 6) is 0.318. The third kappa shape index (κ3) is 1.71. The smallest absolute Gasteiger partial charge is 0.324 e. The predicted octanol–water partition coefficient (Wildman–Crippen LogP) is 2.51. The molecule has 1 saturated carbocycles. The van der Waals surface area contributed by atoms with Crippen LogP contribution >= 0.6 is 0 Å². The van der Waals surface area contributed by atoms with Crippen molar-refractivity contribution in [1.82, 2.24) is 0 Å². The minimum Gasteiger partial charge on any atom is -0.458 e. The van der Waals surface area contributed by atoms with Crippen LogP contribution in [0.15, 0.2) is 0 Å². The lowest BCUT2D eigenvalue weighted by Gasteiger charge is -2.48. The van der Waals surface area contributed by atoms with E-state index in [1.165, 1.54) is 6.42 Å². The van der Waals surface area contributed by atoms with E-state index in [0.717, 1.165) is 12.8 Å². The van der Waals surface area contributed by atoms with Crippen molar-refractivity contribution in [1.29, 1.82) is 5.26 Å². The number of cyclic esters (lactones) is 1. The van der Waals surface area contributed by atoms with E-state index >= 15 is 0 Å². The van der Waals surface area contributed by atoms with E-state index in [2.05, 4.69) is 13.0 Å². The standard InChI is InChI=1S/C13H19NO2/c1-8-4-5-11-9(6-8)10(7-14)12(15)16-13(11,2)3/h8-11H,4-6H2,1-3H3/t8-,9+,10+,11-/m1/s1. The Labute approximate surface area is 96.8 Å². The Morgan fingerprint density at radius 3 is 2.75 bits per heavy atom. The van der Waals surface area contributed by atoms with Crippen molar-refractivity contribution >= 4 is 5.97 Å². The maximum absolute atomic E-state index is 11.8. The Kier molecular flexibility index (Phi) is 2.69. The molecule has 1 saturated heterocycles. The minimum absolute atomic E-state index is 0.199. The molecule has 2 aliphatic rings. The summed E-state index contributed by atoms with van der Waals surface area (Å²) in [5.41, 5.74) is -0.394. The van der Waals surface area contributed by atoms with Crippen molar-refractivity contribution in [3.05, 3.63) is 0 Å². The zero-order valence-electron chi connectivity index (χ0n) is 10.2. The molecule has 2 fully saturated rings. The topological polar surface area (TPSA) is 50.1 Å². The average molecular weight is 221 g/mol. The molecule has 0 spiro atoms. The highest BCUT2D eigenvalue weighted by atomic mass is 16.6. The number of nitrogens with zero attached hydrogens (tertiary/aromatic N) is 1. The van der Waals surface area contributed by atoms with Gasteiger partial charge in [0.2, 0.25) is 0 Å². The monoisotopic (exact) mass is 221 g/mol. The first kappa shape index (κ1) is 11.4. The first-order valence-corrected chi connectivity index (χ1v) is 6.08. The van der Waals surface area contributed by atoms with Crippen LogP contribution in [-0.2, 0) is 9.53 Å². The molecular formula is C13H19NO2.